The van der Waals surface area contributed by atoms with Crippen molar-refractivity contribution in [1.29, 1.82) is 0 Å². The molecule has 2 aromatic carbocycles. The summed E-state index contributed by atoms with van der Waals surface area (Å²) < 4.78 is -1.15. The molecular weight excluding hydrogens is 539 g/mol. The minimum Gasteiger partial charge on any atom is -0.339 e. The fraction of sp³-hybridized carbons (Fsp3) is 0.125. The zero-order valence-corrected chi connectivity index (χ0v) is 19.4. The van der Waals surface area contributed by atoms with Gasteiger partial charge in [0.2, 0.25) is 3.79 Å². The number of nitrogens with one attached hydrogen (secondary N) is 3. The fourth-order valence-electron chi connectivity index (χ4n) is 1.93. The molecule has 0 aliphatic carbocycles. The molecule has 0 aromatic heterocycles. The van der Waals surface area contributed by atoms with E-state index >= 15 is 0 Å². The van der Waals surface area contributed by atoms with Crippen LogP contribution in [-0.2, 0) is 0 Å². The molecule has 144 valence electrons. The fourth-order valence-corrected chi connectivity index (χ4v) is 3.22. The second kappa shape index (κ2) is 9.83. The predicted molar refractivity (Wildman–Crippen MR) is 122 cm³/mol. The first-order valence-corrected chi connectivity index (χ1v) is 10.3. The summed E-state index contributed by atoms with van der Waals surface area (Å²) in [6.45, 7) is 0. The maximum Gasteiger partial charge on any atom is 0.253 e. The van der Waals surface area contributed by atoms with Gasteiger partial charge in [-0.1, -0.05) is 80.0 Å². The Bertz CT molecular complexity index is 862. The molecule has 0 saturated carbocycles. The van der Waals surface area contributed by atoms with Gasteiger partial charge in [0.05, 0.1) is 10.7 Å². The molecule has 11 heteroatoms. The van der Waals surface area contributed by atoms with E-state index in [1.54, 1.807) is 42.5 Å². The monoisotopic (exact) mass is 547 g/mol. The molecule has 27 heavy (non-hydrogen) atoms. The Morgan fingerprint density at radius 2 is 1.78 bits per heavy atom. The van der Waals surface area contributed by atoms with Crippen LogP contribution in [0, 0.1) is 0 Å². The van der Waals surface area contributed by atoms with E-state index in [0.29, 0.717) is 21.3 Å². The van der Waals surface area contributed by atoms with Gasteiger partial charge in [-0.2, -0.15) is 0 Å². The van der Waals surface area contributed by atoms with Crippen LogP contribution in [0.2, 0.25) is 10.0 Å². The standard InChI is InChI=1S/C16H11BrCl5N3OS/c17-9-3-1-2-8(6-9)13(26)24-14(16(20,21)22)25-15(27)23-12-7-10(18)4-5-11(12)19/h1-7,14H,(H,24,26)(H2,23,25,27). The smallest absolute Gasteiger partial charge is 0.253 e. The average molecular weight is 551 g/mol. The zero-order valence-electron chi connectivity index (χ0n) is 13.2. The number of carbonyl (C=O) groups excluding carboxylic acids is 1. The van der Waals surface area contributed by atoms with Crippen molar-refractivity contribution >= 4 is 103 Å². The topological polar surface area (TPSA) is 53.2 Å². The molecular formula is C16H11BrCl5N3OS. The molecule has 0 aliphatic heterocycles. The van der Waals surface area contributed by atoms with Crippen LogP contribution in [0.1, 0.15) is 10.4 Å². The lowest BCUT2D eigenvalue weighted by molar-refractivity contribution is 0.0934. The Morgan fingerprint density at radius 1 is 1.07 bits per heavy atom. The molecule has 1 unspecified atom stereocenters. The highest BCUT2D eigenvalue weighted by Gasteiger charge is 2.35. The summed E-state index contributed by atoms with van der Waals surface area (Å²) in [4.78, 5) is 12.4. The molecule has 2 rings (SSSR count). The molecule has 0 spiro atoms. The normalized spacial score (nSPS) is 12.2. The molecule has 0 aliphatic rings. The highest BCUT2D eigenvalue weighted by molar-refractivity contribution is 9.10. The van der Waals surface area contributed by atoms with Crippen molar-refractivity contribution in [3.63, 3.8) is 0 Å². The van der Waals surface area contributed by atoms with E-state index in [-0.39, 0.29) is 5.11 Å². The van der Waals surface area contributed by atoms with Gasteiger partial charge >= 0.3 is 0 Å². The third-order valence-electron chi connectivity index (χ3n) is 3.14. The van der Waals surface area contributed by atoms with E-state index in [9.17, 15) is 4.79 Å². The van der Waals surface area contributed by atoms with Crippen LogP contribution in [-0.4, -0.2) is 21.0 Å². The highest BCUT2D eigenvalue weighted by Crippen LogP contribution is 2.30. The number of rotatable bonds is 4. The third kappa shape index (κ3) is 7.13. The third-order valence-corrected chi connectivity index (χ3v) is 5.07. The molecule has 0 bridgehead atoms. The van der Waals surface area contributed by atoms with Gasteiger partial charge < -0.3 is 16.0 Å². The molecule has 0 fully saturated rings. The second-order valence-corrected chi connectivity index (χ2v) is 9.72. The van der Waals surface area contributed by atoms with Gasteiger partial charge in [-0.3, -0.25) is 4.79 Å². The summed E-state index contributed by atoms with van der Waals surface area (Å²) in [6, 6.07) is 11.6. The van der Waals surface area contributed by atoms with Crippen LogP contribution in [0.3, 0.4) is 0 Å². The van der Waals surface area contributed by atoms with E-state index in [2.05, 4.69) is 31.9 Å². The second-order valence-electron chi connectivity index (χ2n) is 5.18. The van der Waals surface area contributed by atoms with Gasteiger partial charge in [-0.05, 0) is 48.6 Å². The van der Waals surface area contributed by atoms with Crippen LogP contribution >= 0.6 is 86.2 Å². The lowest BCUT2D eigenvalue weighted by atomic mass is 10.2. The van der Waals surface area contributed by atoms with Crippen molar-refractivity contribution in [2.45, 2.75) is 9.96 Å². The van der Waals surface area contributed by atoms with Gasteiger partial charge in [0.1, 0.15) is 6.17 Å². The predicted octanol–water partition coefficient (Wildman–Crippen LogP) is 6.17. The number of carbonyl (C=O) groups is 1. The minimum atomic E-state index is -1.88. The van der Waals surface area contributed by atoms with Crippen molar-refractivity contribution in [1.82, 2.24) is 10.6 Å². The summed E-state index contributed by atoms with van der Waals surface area (Å²) in [5.74, 6) is -0.455. The Hall–Kier alpha value is -0.470. The molecule has 1 amide bonds. The summed E-state index contributed by atoms with van der Waals surface area (Å²) >= 11 is 38.5. The maximum absolute atomic E-state index is 12.4. The van der Waals surface area contributed by atoms with Crippen molar-refractivity contribution in [3.05, 3.63) is 62.5 Å². The largest absolute Gasteiger partial charge is 0.339 e. The van der Waals surface area contributed by atoms with Gasteiger partial charge in [0.25, 0.3) is 5.91 Å². The molecule has 4 nitrogen and oxygen atoms in total. The van der Waals surface area contributed by atoms with Gasteiger partial charge in [0, 0.05) is 15.1 Å². The average Bonchev–Trinajstić information content (AvgIpc) is 2.56. The van der Waals surface area contributed by atoms with E-state index in [4.69, 9.17) is 70.2 Å². The van der Waals surface area contributed by atoms with Gasteiger partial charge in [-0.25, -0.2) is 0 Å². The number of benzene rings is 2. The molecule has 2 aromatic rings. The first kappa shape index (κ1) is 22.8. The molecule has 0 saturated heterocycles. The highest BCUT2D eigenvalue weighted by atomic mass is 79.9. The number of anilines is 1. The number of amides is 1. The molecule has 3 N–H and O–H groups in total. The van der Waals surface area contributed by atoms with Crippen molar-refractivity contribution in [3.8, 4) is 0 Å². The molecule has 0 heterocycles. The first-order valence-electron chi connectivity index (χ1n) is 7.22. The van der Waals surface area contributed by atoms with Crippen molar-refractivity contribution in [2.24, 2.45) is 0 Å². The maximum atomic E-state index is 12.4. The number of alkyl halides is 3. The van der Waals surface area contributed by atoms with E-state index in [1.807, 2.05) is 0 Å². The Kier molecular flexibility index (Phi) is 8.31. The van der Waals surface area contributed by atoms with Crippen LogP contribution in [0.25, 0.3) is 0 Å². The molecule has 1 atom stereocenters. The summed E-state index contributed by atoms with van der Waals surface area (Å²) in [7, 11) is 0. The number of hydrogen-bond donors (Lipinski definition) is 3. The Balaban J connectivity index is 2.11. The van der Waals surface area contributed by atoms with E-state index in [1.165, 1.54) is 0 Å². The van der Waals surface area contributed by atoms with Gasteiger partial charge in [-0.15, -0.1) is 0 Å². The van der Waals surface area contributed by atoms with Gasteiger partial charge in [0.15, 0.2) is 5.11 Å². The summed E-state index contributed by atoms with van der Waals surface area (Å²) in [5.41, 5.74) is 0.838. The van der Waals surface area contributed by atoms with Crippen LogP contribution < -0.4 is 16.0 Å². The number of hydrogen-bond acceptors (Lipinski definition) is 2. The van der Waals surface area contributed by atoms with Crippen molar-refractivity contribution in [2.75, 3.05) is 5.32 Å². The van der Waals surface area contributed by atoms with Crippen molar-refractivity contribution < 1.29 is 4.79 Å². The van der Waals surface area contributed by atoms with Crippen LogP contribution in [0.4, 0.5) is 5.69 Å². The number of halogens is 6. The van der Waals surface area contributed by atoms with Crippen LogP contribution in [0.15, 0.2) is 46.9 Å². The SMILES string of the molecule is O=C(NC(NC(=S)Nc1cc(Cl)ccc1Cl)C(Cl)(Cl)Cl)c1cccc(Br)c1. The quantitative estimate of drug-likeness (QED) is 0.242. The lowest BCUT2D eigenvalue weighted by Gasteiger charge is -2.28. The number of thiocarbonyl (C=S) groups is 1. The summed E-state index contributed by atoms with van der Waals surface area (Å²) in [5, 5.41) is 9.11. The first-order chi connectivity index (χ1) is 12.6. The lowest BCUT2D eigenvalue weighted by Crippen LogP contribution is -2.56. The Morgan fingerprint density at radius 3 is 2.41 bits per heavy atom. The van der Waals surface area contributed by atoms with Crippen LogP contribution in [0.5, 0.6) is 0 Å². The zero-order chi connectivity index (χ0) is 20.2. The molecule has 0 radical (unpaired) electrons. The Labute approximate surface area is 195 Å². The van der Waals surface area contributed by atoms with E-state index < -0.39 is 15.9 Å². The minimum absolute atomic E-state index is 0.0741. The van der Waals surface area contributed by atoms with E-state index in [0.717, 1.165) is 4.47 Å². The summed E-state index contributed by atoms with van der Waals surface area (Å²) in [6.07, 6.45) is -1.12.